The van der Waals surface area contributed by atoms with Crippen LogP contribution in [0.1, 0.15) is 18.4 Å². The second kappa shape index (κ2) is 8.99. The lowest BCUT2D eigenvalue weighted by molar-refractivity contribution is -0.143. The number of aliphatic carboxylic acids is 2. The monoisotopic (exact) mass is 313 g/mol. The number of nitrogens with two attached hydrogens (primary N) is 1. The molecule has 0 aliphatic rings. The normalized spacial score (nSPS) is 13.4. The average molecular weight is 313 g/mol. The van der Waals surface area contributed by atoms with Crippen molar-refractivity contribution in [1.29, 1.82) is 0 Å². The number of hydrogen-bond donors (Lipinski definition) is 3. The number of alkyl halides is 1. The van der Waals surface area contributed by atoms with Crippen molar-refractivity contribution in [2.24, 2.45) is 11.7 Å². The Bertz CT molecular complexity index is 491. The molecule has 0 heterocycles. The molecule has 0 aromatic heterocycles. The van der Waals surface area contributed by atoms with Gasteiger partial charge in [-0.2, -0.15) is 0 Å². The summed E-state index contributed by atoms with van der Waals surface area (Å²) in [6, 6.07) is 5.54. The standard InChI is InChI=1S/C15H20FNO5/c16-6-1-7-22-12-4-2-10(3-5-12)8-11(14(18)19)9-13(17)15(20)21/h2-5,11,13H,1,6-9,17H2,(H,18,19)(H,20,21). The van der Waals surface area contributed by atoms with Crippen molar-refractivity contribution in [3.05, 3.63) is 29.8 Å². The van der Waals surface area contributed by atoms with Gasteiger partial charge in [0, 0.05) is 6.42 Å². The molecule has 0 aliphatic carbocycles. The zero-order chi connectivity index (χ0) is 16.5. The molecule has 0 amide bonds. The highest BCUT2D eigenvalue weighted by Crippen LogP contribution is 2.18. The van der Waals surface area contributed by atoms with Gasteiger partial charge in [-0.3, -0.25) is 14.0 Å². The lowest BCUT2D eigenvalue weighted by Gasteiger charge is -2.15. The van der Waals surface area contributed by atoms with Crippen molar-refractivity contribution in [3.8, 4) is 5.75 Å². The minimum absolute atomic E-state index is 0.139. The Labute approximate surface area is 127 Å². The summed E-state index contributed by atoms with van der Waals surface area (Å²) in [5.74, 6) is -2.60. The molecule has 0 saturated heterocycles. The molecule has 0 aliphatic heterocycles. The third kappa shape index (κ3) is 6.09. The van der Waals surface area contributed by atoms with Crippen molar-refractivity contribution in [2.45, 2.75) is 25.3 Å². The Hall–Kier alpha value is -2.15. The minimum Gasteiger partial charge on any atom is -0.494 e. The van der Waals surface area contributed by atoms with E-state index in [1.807, 2.05) is 0 Å². The van der Waals surface area contributed by atoms with E-state index in [1.54, 1.807) is 24.3 Å². The lowest BCUT2D eigenvalue weighted by Crippen LogP contribution is -2.35. The zero-order valence-electron chi connectivity index (χ0n) is 12.1. The molecule has 1 aromatic carbocycles. The van der Waals surface area contributed by atoms with Crippen LogP contribution in [0.25, 0.3) is 0 Å². The van der Waals surface area contributed by atoms with Gasteiger partial charge < -0.3 is 20.7 Å². The molecular weight excluding hydrogens is 293 g/mol. The first-order chi connectivity index (χ1) is 10.4. The molecule has 4 N–H and O–H groups in total. The van der Waals surface area contributed by atoms with E-state index in [1.165, 1.54) is 0 Å². The smallest absolute Gasteiger partial charge is 0.320 e. The summed E-state index contributed by atoms with van der Waals surface area (Å²) in [5.41, 5.74) is 6.13. The molecule has 22 heavy (non-hydrogen) atoms. The Kier molecular flexibility index (Phi) is 7.31. The van der Waals surface area contributed by atoms with Crippen molar-refractivity contribution in [2.75, 3.05) is 13.3 Å². The highest BCUT2D eigenvalue weighted by molar-refractivity contribution is 5.76. The van der Waals surface area contributed by atoms with Crippen molar-refractivity contribution < 1.29 is 28.9 Å². The summed E-state index contributed by atoms with van der Waals surface area (Å²) in [6.45, 7) is -0.163. The second-order valence-electron chi connectivity index (χ2n) is 4.95. The molecule has 6 nitrogen and oxygen atoms in total. The number of carboxylic acids is 2. The van der Waals surface area contributed by atoms with E-state index in [2.05, 4.69) is 0 Å². The van der Waals surface area contributed by atoms with Gasteiger partial charge in [0.25, 0.3) is 0 Å². The Balaban J connectivity index is 2.62. The van der Waals surface area contributed by atoms with Gasteiger partial charge in [0.1, 0.15) is 11.8 Å². The maximum atomic E-state index is 12.0. The molecule has 1 rings (SSSR count). The number of rotatable bonds is 10. The topological polar surface area (TPSA) is 110 Å². The number of halogens is 1. The van der Waals surface area contributed by atoms with Crippen LogP contribution in [0.2, 0.25) is 0 Å². The summed E-state index contributed by atoms with van der Waals surface area (Å²) in [5, 5.41) is 17.9. The van der Waals surface area contributed by atoms with Gasteiger partial charge in [0.2, 0.25) is 0 Å². The van der Waals surface area contributed by atoms with E-state index in [-0.39, 0.29) is 19.4 Å². The van der Waals surface area contributed by atoms with E-state index >= 15 is 0 Å². The van der Waals surface area contributed by atoms with Gasteiger partial charge in [0.15, 0.2) is 0 Å². The van der Waals surface area contributed by atoms with Crippen molar-refractivity contribution in [1.82, 2.24) is 0 Å². The number of carboxylic acid groups (broad SMARTS) is 2. The number of hydrogen-bond acceptors (Lipinski definition) is 4. The average Bonchev–Trinajstić information content (AvgIpc) is 2.48. The van der Waals surface area contributed by atoms with Crippen LogP contribution in [-0.2, 0) is 16.0 Å². The van der Waals surface area contributed by atoms with Crippen LogP contribution in [0.4, 0.5) is 4.39 Å². The van der Waals surface area contributed by atoms with Crippen LogP contribution in [0.5, 0.6) is 5.75 Å². The summed E-state index contributed by atoms with van der Waals surface area (Å²) in [7, 11) is 0. The molecule has 0 bridgehead atoms. The molecule has 122 valence electrons. The molecule has 7 heteroatoms. The van der Waals surface area contributed by atoms with Crippen LogP contribution >= 0.6 is 0 Å². The molecule has 1 aromatic rings. The quantitative estimate of drug-likeness (QED) is 0.564. The third-order valence-corrected chi connectivity index (χ3v) is 3.16. The van der Waals surface area contributed by atoms with Gasteiger partial charge in [-0.25, -0.2) is 0 Å². The summed E-state index contributed by atoms with van der Waals surface area (Å²) in [4.78, 5) is 21.9. The van der Waals surface area contributed by atoms with Crippen LogP contribution in [0.15, 0.2) is 24.3 Å². The van der Waals surface area contributed by atoms with Crippen LogP contribution in [-0.4, -0.2) is 41.5 Å². The number of carbonyl (C=O) groups is 2. The van der Waals surface area contributed by atoms with Gasteiger partial charge in [-0.05, 0) is 30.5 Å². The molecule has 0 radical (unpaired) electrons. The van der Waals surface area contributed by atoms with E-state index < -0.39 is 30.6 Å². The number of benzene rings is 1. The Morgan fingerprint density at radius 2 is 1.82 bits per heavy atom. The van der Waals surface area contributed by atoms with Crippen LogP contribution < -0.4 is 10.5 Å². The fourth-order valence-corrected chi connectivity index (χ4v) is 1.93. The van der Waals surface area contributed by atoms with Crippen LogP contribution in [0.3, 0.4) is 0 Å². The largest absolute Gasteiger partial charge is 0.494 e. The number of ether oxygens (including phenoxy) is 1. The predicted molar refractivity (Wildman–Crippen MR) is 77.6 cm³/mol. The molecule has 0 spiro atoms. The van der Waals surface area contributed by atoms with Gasteiger partial charge >= 0.3 is 11.9 Å². The fourth-order valence-electron chi connectivity index (χ4n) is 1.93. The van der Waals surface area contributed by atoms with Gasteiger partial charge in [-0.15, -0.1) is 0 Å². The van der Waals surface area contributed by atoms with E-state index in [0.717, 1.165) is 5.56 Å². The first-order valence-electron chi connectivity index (χ1n) is 6.93. The third-order valence-electron chi connectivity index (χ3n) is 3.16. The van der Waals surface area contributed by atoms with Gasteiger partial charge in [0.05, 0.1) is 19.2 Å². The minimum atomic E-state index is -1.22. The molecular formula is C15H20FNO5. The highest BCUT2D eigenvalue weighted by atomic mass is 19.1. The van der Waals surface area contributed by atoms with E-state index in [0.29, 0.717) is 12.2 Å². The molecule has 0 fully saturated rings. The van der Waals surface area contributed by atoms with E-state index in [9.17, 15) is 14.0 Å². The van der Waals surface area contributed by atoms with Gasteiger partial charge in [-0.1, -0.05) is 12.1 Å². The Morgan fingerprint density at radius 1 is 1.18 bits per heavy atom. The summed E-state index contributed by atoms with van der Waals surface area (Å²) < 4.78 is 17.2. The Morgan fingerprint density at radius 3 is 2.32 bits per heavy atom. The maximum absolute atomic E-state index is 12.0. The van der Waals surface area contributed by atoms with Crippen LogP contribution in [0, 0.1) is 5.92 Å². The van der Waals surface area contributed by atoms with Crippen molar-refractivity contribution in [3.63, 3.8) is 0 Å². The highest BCUT2D eigenvalue weighted by Gasteiger charge is 2.24. The predicted octanol–water partition coefficient (Wildman–Crippen LogP) is 1.47. The van der Waals surface area contributed by atoms with Crippen molar-refractivity contribution >= 4 is 11.9 Å². The molecule has 0 saturated carbocycles. The second-order valence-corrected chi connectivity index (χ2v) is 4.95. The van der Waals surface area contributed by atoms with E-state index in [4.69, 9.17) is 20.7 Å². The first-order valence-corrected chi connectivity index (χ1v) is 6.93. The molecule has 2 unspecified atom stereocenters. The SMILES string of the molecule is NC(CC(Cc1ccc(OCCCF)cc1)C(=O)O)C(=O)O. The zero-order valence-corrected chi connectivity index (χ0v) is 12.1. The molecule has 2 atom stereocenters. The summed E-state index contributed by atoms with van der Waals surface area (Å²) >= 11 is 0. The lowest BCUT2D eigenvalue weighted by atomic mass is 9.93. The first kappa shape index (κ1) is 17.9. The maximum Gasteiger partial charge on any atom is 0.320 e. The fraction of sp³-hybridized carbons (Fsp3) is 0.467. The summed E-state index contributed by atoms with van der Waals surface area (Å²) in [6.07, 6.45) is 0.358.